The molecule has 0 fully saturated rings. The van der Waals surface area contributed by atoms with E-state index in [2.05, 4.69) is 5.32 Å². The van der Waals surface area contributed by atoms with E-state index in [0.717, 1.165) is 11.6 Å². The molecule has 0 saturated carbocycles. The van der Waals surface area contributed by atoms with Gasteiger partial charge < -0.3 is 10.1 Å². The quantitative estimate of drug-likeness (QED) is 0.907. The number of benzene rings is 2. The van der Waals surface area contributed by atoms with Gasteiger partial charge in [0.2, 0.25) is 0 Å². The van der Waals surface area contributed by atoms with Gasteiger partial charge in [-0.1, -0.05) is 18.2 Å². The van der Waals surface area contributed by atoms with Crippen molar-refractivity contribution in [3.63, 3.8) is 0 Å². The lowest BCUT2D eigenvalue weighted by atomic mass is 10.2. The maximum absolute atomic E-state index is 13.1. The van der Waals surface area contributed by atoms with Gasteiger partial charge in [0.25, 0.3) is 0 Å². The van der Waals surface area contributed by atoms with Crippen molar-refractivity contribution in [3.05, 3.63) is 59.7 Å². The molecule has 3 nitrogen and oxygen atoms in total. The summed E-state index contributed by atoms with van der Waals surface area (Å²) in [5.41, 5.74) is 1.14. The molecule has 0 aliphatic rings. The Morgan fingerprint density at radius 1 is 1.10 bits per heavy atom. The van der Waals surface area contributed by atoms with Crippen molar-refractivity contribution in [2.24, 2.45) is 0 Å². The highest BCUT2D eigenvalue weighted by molar-refractivity contribution is 5.45. The second-order valence-electron chi connectivity index (χ2n) is 4.07. The third-order valence-electron chi connectivity index (χ3n) is 2.61. The number of halogens is 2. The monoisotopic (exact) mass is 274 g/mol. The summed E-state index contributed by atoms with van der Waals surface area (Å²) in [5, 5.41) is 11.4. The Labute approximate surface area is 115 Å². The summed E-state index contributed by atoms with van der Waals surface area (Å²) in [6, 6.07) is 12.3. The minimum Gasteiger partial charge on any atom is -0.478 e. The van der Waals surface area contributed by atoms with Crippen molar-refractivity contribution in [3.8, 4) is 11.8 Å². The van der Waals surface area contributed by atoms with Crippen molar-refractivity contribution in [1.29, 1.82) is 5.26 Å². The molecule has 0 aliphatic carbocycles. The summed E-state index contributed by atoms with van der Waals surface area (Å²) in [5.74, 6) is -0.707. The molecule has 5 heteroatoms. The third kappa shape index (κ3) is 3.69. The van der Waals surface area contributed by atoms with Crippen LogP contribution in [0.4, 0.5) is 14.5 Å². The summed E-state index contributed by atoms with van der Waals surface area (Å²) in [6.45, 7) is 0.288. The predicted octanol–water partition coefficient (Wildman–Crippen LogP) is 3.48. The fraction of sp³-hybridized carbons (Fsp3) is 0.133. The van der Waals surface area contributed by atoms with Crippen LogP contribution in [0.15, 0.2) is 42.5 Å². The van der Waals surface area contributed by atoms with Crippen molar-refractivity contribution >= 4 is 5.69 Å². The molecular formula is C15H12F2N2O. The standard InChI is InChI=1S/C15H12F2N2O/c16-12-7-13(17)9-14(8-12)19-10-11-3-1-2-4-15(11)20-6-5-18/h1-4,7-9,19H,6,10H2. The number of nitriles is 1. The summed E-state index contributed by atoms with van der Waals surface area (Å²) in [4.78, 5) is 0. The van der Waals surface area contributed by atoms with E-state index in [-0.39, 0.29) is 6.61 Å². The van der Waals surface area contributed by atoms with E-state index in [0.29, 0.717) is 18.0 Å². The molecule has 0 spiro atoms. The highest BCUT2D eigenvalue weighted by atomic mass is 19.1. The van der Waals surface area contributed by atoms with Crippen LogP contribution in [0.2, 0.25) is 0 Å². The maximum Gasteiger partial charge on any atom is 0.174 e. The van der Waals surface area contributed by atoms with Gasteiger partial charge in [0.15, 0.2) is 6.61 Å². The van der Waals surface area contributed by atoms with Gasteiger partial charge in [-0.05, 0) is 18.2 Å². The Morgan fingerprint density at radius 3 is 2.50 bits per heavy atom. The normalized spacial score (nSPS) is 9.85. The molecule has 102 valence electrons. The molecule has 2 aromatic carbocycles. The molecule has 20 heavy (non-hydrogen) atoms. The van der Waals surface area contributed by atoms with E-state index in [1.54, 1.807) is 12.1 Å². The summed E-state index contributed by atoms with van der Waals surface area (Å²) in [7, 11) is 0. The number of rotatable bonds is 5. The van der Waals surface area contributed by atoms with Crippen molar-refractivity contribution in [1.82, 2.24) is 0 Å². The fourth-order valence-corrected chi connectivity index (χ4v) is 1.75. The smallest absolute Gasteiger partial charge is 0.174 e. The van der Waals surface area contributed by atoms with E-state index in [9.17, 15) is 8.78 Å². The van der Waals surface area contributed by atoms with Crippen LogP contribution in [-0.4, -0.2) is 6.61 Å². The lowest BCUT2D eigenvalue weighted by molar-refractivity contribution is 0.364. The first-order chi connectivity index (χ1) is 9.69. The van der Waals surface area contributed by atoms with Crippen LogP contribution in [0, 0.1) is 23.0 Å². The van der Waals surface area contributed by atoms with Gasteiger partial charge in [0.05, 0.1) is 0 Å². The van der Waals surface area contributed by atoms with Crippen LogP contribution in [0.5, 0.6) is 5.75 Å². The van der Waals surface area contributed by atoms with Crippen LogP contribution in [-0.2, 0) is 6.54 Å². The van der Waals surface area contributed by atoms with E-state index in [1.165, 1.54) is 12.1 Å². The zero-order chi connectivity index (χ0) is 14.4. The summed E-state index contributed by atoms with van der Waals surface area (Å²) < 4.78 is 31.4. The maximum atomic E-state index is 13.1. The number of ether oxygens (including phenoxy) is 1. The first kappa shape index (κ1) is 13.8. The molecule has 0 aromatic heterocycles. The molecule has 0 radical (unpaired) electrons. The second-order valence-corrected chi connectivity index (χ2v) is 4.07. The number of para-hydroxylation sites is 1. The first-order valence-corrected chi connectivity index (χ1v) is 5.96. The summed E-state index contributed by atoms with van der Waals surface area (Å²) in [6.07, 6.45) is 0. The first-order valence-electron chi connectivity index (χ1n) is 5.96. The fourth-order valence-electron chi connectivity index (χ4n) is 1.75. The van der Waals surface area contributed by atoms with Gasteiger partial charge >= 0.3 is 0 Å². The topological polar surface area (TPSA) is 45.0 Å². The molecule has 0 unspecified atom stereocenters. The molecule has 0 aliphatic heterocycles. The van der Waals surface area contributed by atoms with Crippen LogP contribution in [0.3, 0.4) is 0 Å². The largest absolute Gasteiger partial charge is 0.478 e. The molecule has 0 amide bonds. The van der Waals surface area contributed by atoms with Crippen molar-refractivity contribution < 1.29 is 13.5 Å². The van der Waals surface area contributed by atoms with Gasteiger partial charge in [0.1, 0.15) is 23.5 Å². The SMILES string of the molecule is N#CCOc1ccccc1CNc1cc(F)cc(F)c1. The predicted molar refractivity (Wildman–Crippen MR) is 71.2 cm³/mol. The van der Waals surface area contributed by atoms with Crippen LogP contribution < -0.4 is 10.1 Å². The Bertz CT molecular complexity index is 618. The van der Waals surface area contributed by atoms with Crippen LogP contribution in [0.25, 0.3) is 0 Å². The van der Waals surface area contributed by atoms with Gasteiger partial charge in [-0.2, -0.15) is 5.26 Å². The van der Waals surface area contributed by atoms with Gasteiger partial charge in [-0.3, -0.25) is 0 Å². The Balaban J connectivity index is 2.08. The minimum absolute atomic E-state index is 0.0500. The van der Waals surface area contributed by atoms with E-state index >= 15 is 0 Å². The Morgan fingerprint density at radius 2 is 1.80 bits per heavy atom. The third-order valence-corrected chi connectivity index (χ3v) is 2.61. The number of hydrogen-bond acceptors (Lipinski definition) is 3. The molecule has 2 aromatic rings. The lowest BCUT2D eigenvalue weighted by Crippen LogP contribution is -2.04. The van der Waals surface area contributed by atoms with Gasteiger partial charge in [-0.25, -0.2) is 8.78 Å². The van der Waals surface area contributed by atoms with Gasteiger partial charge in [0, 0.05) is 23.9 Å². The number of nitrogens with one attached hydrogen (secondary N) is 1. The number of nitrogens with zero attached hydrogens (tertiary/aromatic N) is 1. The van der Waals surface area contributed by atoms with E-state index < -0.39 is 11.6 Å². The lowest BCUT2D eigenvalue weighted by Gasteiger charge is -2.11. The minimum atomic E-state index is -0.637. The van der Waals surface area contributed by atoms with Crippen molar-refractivity contribution in [2.75, 3.05) is 11.9 Å². The zero-order valence-corrected chi connectivity index (χ0v) is 10.6. The molecule has 2 rings (SSSR count). The molecule has 0 heterocycles. The molecule has 0 atom stereocenters. The van der Waals surface area contributed by atoms with E-state index in [4.69, 9.17) is 10.00 Å². The molecular weight excluding hydrogens is 262 g/mol. The Hall–Kier alpha value is -2.61. The summed E-state index contributed by atoms with van der Waals surface area (Å²) >= 11 is 0. The molecule has 0 saturated heterocycles. The molecule has 1 N–H and O–H groups in total. The molecule has 0 bridgehead atoms. The average Bonchev–Trinajstić information content (AvgIpc) is 2.43. The average molecular weight is 274 g/mol. The highest BCUT2D eigenvalue weighted by Crippen LogP contribution is 2.20. The van der Waals surface area contributed by atoms with Crippen molar-refractivity contribution in [2.45, 2.75) is 6.54 Å². The zero-order valence-electron chi connectivity index (χ0n) is 10.6. The van der Waals surface area contributed by atoms with Gasteiger partial charge in [-0.15, -0.1) is 0 Å². The Kier molecular flexibility index (Phi) is 4.51. The highest BCUT2D eigenvalue weighted by Gasteiger charge is 2.04. The second kappa shape index (κ2) is 6.53. The number of hydrogen-bond donors (Lipinski definition) is 1. The number of anilines is 1. The van der Waals surface area contributed by atoms with E-state index in [1.807, 2.05) is 18.2 Å². The van der Waals surface area contributed by atoms with Crippen LogP contribution >= 0.6 is 0 Å². The van der Waals surface area contributed by atoms with Crippen LogP contribution in [0.1, 0.15) is 5.56 Å².